The van der Waals surface area contributed by atoms with Gasteiger partial charge in [-0.25, -0.2) is 14.8 Å². The molecule has 0 saturated heterocycles. The van der Waals surface area contributed by atoms with Crippen LogP contribution in [0.15, 0.2) is 11.2 Å². The van der Waals surface area contributed by atoms with E-state index in [1.165, 1.54) is 6.20 Å². The van der Waals surface area contributed by atoms with Gasteiger partial charge in [-0.3, -0.25) is 0 Å². The molecule has 0 saturated carbocycles. The van der Waals surface area contributed by atoms with Crippen molar-refractivity contribution in [3.05, 3.63) is 11.5 Å². The predicted octanol–water partition coefficient (Wildman–Crippen LogP) is 0.978. The maximum Gasteiger partial charge on any atom is 0.349 e. The maximum atomic E-state index is 10.9. The molecule has 0 radical (unpaired) electrons. The highest BCUT2D eigenvalue weighted by Gasteiger charge is 2.01. The fraction of sp³-hybridized carbons (Fsp3) is 0.250. The highest BCUT2D eigenvalue weighted by molar-refractivity contribution is 6.28. The van der Waals surface area contributed by atoms with Gasteiger partial charge < -0.3 is 10.5 Å². The number of esters is 1. The van der Waals surface area contributed by atoms with Gasteiger partial charge in [-0.15, -0.1) is 0 Å². The van der Waals surface area contributed by atoms with Crippen molar-refractivity contribution in [3.63, 3.8) is 0 Å². The first-order chi connectivity index (χ1) is 7.13. The zero-order chi connectivity index (χ0) is 11.3. The monoisotopic (exact) mass is 228 g/mol. The molecule has 0 amide bonds. The normalized spacial score (nSPS) is 10.5. The predicted molar refractivity (Wildman–Crippen MR) is 56.2 cm³/mol. The lowest BCUT2D eigenvalue weighted by atomic mass is 10.5. The Hall–Kier alpha value is -1.69. The molecule has 0 aromatic carbocycles. The zero-order valence-corrected chi connectivity index (χ0v) is 8.73. The van der Waals surface area contributed by atoms with Crippen LogP contribution in [0, 0.1) is 0 Å². The smallest absolute Gasteiger partial charge is 0.349 e. The number of hydrogen-bond donors (Lipinski definition) is 1. The van der Waals surface area contributed by atoms with Crippen LogP contribution in [0.3, 0.4) is 0 Å². The summed E-state index contributed by atoms with van der Waals surface area (Å²) in [5.74, 6) is -0.442. The first-order valence-corrected chi connectivity index (χ1v) is 4.50. The molecule has 1 aromatic heterocycles. The summed E-state index contributed by atoms with van der Waals surface area (Å²) in [5.41, 5.74) is 5.75. The second-order valence-corrected chi connectivity index (χ2v) is 2.76. The largest absolute Gasteiger partial charge is 0.462 e. The van der Waals surface area contributed by atoms with E-state index in [0.29, 0.717) is 0 Å². The number of nitrogen functional groups attached to an aromatic ring is 1. The topological polar surface area (TPSA) is 90.5 Å². The van der Waals surface area contributed by atoms with E-state index in [9.17, 15) is 4.79 Å². The van der Waals surface area contributed by atoms with Crippen LogP contribution in [0.2, 0.25) is 5.28 Å². The summed E-state index contributed by atoms with van der Waals surface area (Å²) in [5, 5.41) is 0.0302. The lowest BCUT2D eigenvalue weighted by Crippen LogP contribution is -2.04. The molecule has 1 aromatic rings. The van der Waals surface area contributed by atoms with E-state index in [-0.39, 0.29) is 23.4 Å². The SMILES string of the molecule is CCOC(=O)/C=N/c1cnc(Cl)nc1N. The fourth-order valence-electron chi connectivity index (χ4n) is 0.767. The molecule has 80 valence electrons. The number of carbonyl (C=O) groups excluding carboxylic acids is 1. The number of rotatable bonds is 3. The van der Waals surface area contributed by atoms with Gasteiger partial charge in [0, 0.05) is 0 Å². The van der Waals surface area contributed by atoms with Crippen LogP contribution in [0.1, 0.15) is 6.92 Å². The second kappa shape index (κ2) is 5.26. The molecule has 1 rings (SSSR count). The average molecular weight is 229 g/mol. The minimum atomic E-state index is -0.549. The van der Waals surface area contributed by atoms with Crippen molar-refractivity contribution in [2.75, 3.05) is 12.3 Å². The van der Waals surface area contributed by atoms with E-state index < -0.39 is 5.97 Å². The van der Waals surface area contributed by atoms with Gasteiger partial charge in [0.1, 0.15) is 11.9 Å². The van der Waals surface area contributed by atoms with Crippen molar-refractivity contribution in [1.29, 1.82) is 0 Å². The van der Waals surface area contributed by atoms with Gasteiger partial charge in [-0.1, -0.05) is 0 Å². The van der Waals surface area contributed by atoms with E-state index in [4.69, 9.17) is 17.3 Å². The summed E-state index contributed by atoms with van der Waals surface area (Å²) in [4.78, 5) is 22.0. The van der Waals surface area contributed by atoms with Crippen LogP contribution in [0.25, 0.3) is 0 Å². The number of hydrogen-bond acceptors (Lipinski definition) is 6. The van der Waals surface area contributed by atoms with Crippen molar-refractivity contribution >= 4 is 35.3 Å². The van der Waals surface area contributed by atoms with Crippen LogP contribution in [-0.2, 0) is 9.53 Å². The molecular weight excluding hydrogens is 220 g/mol. The summed E-state index contributed by atoms with van der Waals surface area (Å²) in [7, 11) is 0. The maximum absolute atomic E-state index is 10.9. The van der Waals surface area contributed by atoms with Gasteiger partial charge in [0.15, 0.2) is 5.82 Å². The minimum absolute atomic E-state index is 0.0302. The Morgan fingerprint density at radius 2 is 2.53 bits per heavy atom. The van der Waals surface area contributed by atoms with Gasteiger partial charge in [-0.2, -0.15) is 4.98 Å². The molecule has 15 heavy (non-hydrogen) atoms. The number of nitrogens with two attached hydrogens (primary N) is 1. The highest BCUT2D eigenvalue weighted by atomic mass is 35.5. The molecule has 0 aliphatic carbocycles. The van der Waals surface area contributed by atoms with Gasteiger partial charge in [-0.05, 0) is 18.5 Å². The molecule has 7 heteroatoms. The third-order valence-electron chi connectivity index (χ3n) is 1.36. The van der Waals surface area contributed by atoms with E-state index in [1.54, 1.807) is 6.92 Å². The average Bonchev–Trinajstić information content (AvgIpc) is 2.17. The van der Waals surface area contributed by atoms with E-state index in [2.05, 4.69) is 19.7 Å². The van der Waals surface area contributed by atoms with Crippen LogP contribution in [-0.4, -0.2) is 28.8 Å². The third-order valence-corrected chi connectivity index (χ3v) is 1.55. The molecule has 1 heterocycles. The molecule has 0 atom stereocenters. The third kappa shape index (κ3) is 3.51. The van der Waals surface area contributed by atoms with Crippen LogP contribution in [0.4, 0.5) is 11.5 Å². The van der Waals surface area contributed by atoms with E-state index in [0.717, 1.165) is 6.21 Å². The summed E-state index contributed by atoms with van der Waals surface area (Å²) < 4.78 is 4.63. The van der Waals surface area contributed by atoms with Crippen LogP contribution in [0.5, 0.6) is 0 Å². The molecule has 2 N–H and O–H groups in total. The summed E-state index contributed by atoms with van der Waals surface area (Å²) in [6.45, 7) is 1.99. The van der Waals surface area contributed by atoms with Crippen LogP contribution < -0.4 is 5.73 Å². The summed E-state index contributed by atoms with van der Waals surface area (Å²) in [6.07, 6.45) is 2.33. The van der Waals surface area contributed by atoms with Crippen molar-refractivity contribution in [2.24, 2.45) is 4.99 Å². The van der Waals surface area contributed by atoms with Gasteiger partial charge in [0.25, 0.3) is 0 Å². The summed E-state index contributed by atoms with van der Waals surface area (Å²) >= 11 is 5.48. The van der Waals surface area contributed by atoms with Crippen molar-refractivity contribution in [3.8, 4) is 0 Å². The molecule has 0 fully saturated rings. The first-order valence-electron chi connectivity index (χ1n) is 4.12. The summed E-state index contributed by atoms with van der Waals surface area (Å²) in [6, 6.07) is 0. The lowest BCUT2D eigenvalue weighted by Gasteiger charge is -1.98. The first kappa shape index (κ1) is 11.4. The van der Waals surface area contributed by atoms with Crippen LogP contribution >= 0.6 is 11.6 Å². The van der Waals surface area contributed by atoms with E-state index >= 15 is 0 Å². The number of aromatic nitrogens is 2. The number of anilines is 1. The molecule has 0 aliphatic heterocycles. The number of nitrogens with zero attached hydrogens (tertiary/aromatic N) is 3. The van der Waals surface area contributed by atoms with Gasteiger partial charge in [0.05, 0.1) is 12.8 Å². The number of halogens is 1. The van der Waals surface area contributed by atoms with Crippen molar-refractivity contribution < 1.29 is 9.53 Å². The molecule has 0 spiro atoms. The van der Waals surface area contributed by atoms with Gasteiger partial charge >= 0.3 is 5.97 Å². The second-order valence-electron chi connectivity index (χ2n) is 2.42. The van der Waals surface area contributed by atoms with E-state index in [1.807, 2.05) is 0 Å². The van der Waals surface area contributed by atoms with Gasteiger partial charge in [0.2, 0.25) is 5.28 Å². The Morgan fingerprint density at radius 1 is 1.80 bits per heavy atom. The fourth-order valence-corrected chi connectivity index (χ4v) is 0.907. The molecule has 6 nitrogen and oxygen atoms in total. The van der Waals surface area contributed by atoms with Crippen molar-refractivity contribution in [1.82, 2.24) is 9.97 Å². The Bertz CT molecular complexity index is 394. The number of ether oxygens (including phenoxy) is 1. The molecule has 0 unspecified atom stereocenters. The minimum Gasteiger partial charge on any atom is -0.462 e. The highest BCUT2D eigenvalue weighted by Crippen LogP contribution is 2.18. The standard InChI is InChI=1S/C8H9ClN4O2/c1-2-15-6(14)4-11-5-3-12-8(9)13-7(5)10/h3-4H,2H2,1H3,(H2,10,12,13)/b11-4+. The Morgan fingerprint density at radius 3 is 3.13 bits per heavy atom. The number of carbonyl (C=O) groups is 1. The molecule has 0 aliphatic rings. The Labute approximate surface area is 91.1 Å². The molecular formula is C8H9ClN4O2. The number of aliphatic imine (C=N–C) groups is 1. The Kier molecular flexibility index (Phi) is 3.99. The molecule has 0 bridgehead atoms. The Balaban J connectivity index is 2.76. The zero-order valence-electron chi connectivity index (χ0n) is 7.98. The quantitative estimate of drug-likeness (QED) is 0.473. The lowest BCUT2D eigenvalue weighted by molar-refractivity contribution is -0.134. The van der Waals surface area contributed by atoms with Crippen molar-refractivity contribution in [2.45, 2.75) is 6.92 Å².